The predicted molar refractivity (Wildman–Crippen MR) is 55.6 cm³/mol. The van der Waals surface area contributed by atoms with E-state index in [2.05, 4.69) is 33.3 Å². The second-order valence-corrected chi connectivity index (χ2v) is 4.76. The molecular formula is C8H16BrN3O. The van der Waals surface area contributed by atoms with Crippen LogP contribution in [0.3, 0.4) is 0 Å². The van der Waals surface area contributed by atoms with Crippen molar-refractivity contribution in [1.82, 2.24) is 15.3 Å². The Balaban J connectivity index is 2.26. The monoisotopic (exact) mass is 249 g/mol. The van der Waals surface area contributed by atoms with E-state index >= 15 is 0 Å². The van der Waals surface area contributed by atoms with Crippen LogP contribution >= 0.6 is 15.9 Å². The molecule has 1 amide bonds. The molecule has 0 spiro atoms. The topological polar surface area (TPSA) is 35.6 Å². The molecule has 0 aromatic carbocycles. The summed E-state index contributed by atoms with van der Waals surface area (Å²) in [5.74, 6) is 0.0320. The number of rotatable bonds is 2. The van der Waals surface area contributed by atoms with E-state index in [0.717, 1.165) is 26.2 Å². The van der Waals surface area contributed by atoms with Crippen molar-refractivity contribution in [3.8, 4) is 0 Å². The Kier molecular flexibility index (Phi) is 4.15. The summed E-state index contributed by atoms with van der Waals surface area (Å²) in [6, 6.07) is 0. The van der Waals surface area contributed by atoms with E-state index in [9.17, 15) is 4.79 Å². The average molecular weight is 250 g/mol. The van der Waals surface area contributed by atoms with Crippen molar-refractivity contribution in [3.63, 3.8) is 0 Å². The molecule has 1 heterocycles. The van der Waals surface area contributed by atoms with Gasteiger partial charge in [0.05, 0.1) is 4.83 Å². The lowest BCUT2D eigenvalue weighted by molar-refractivity contribution is -0.125. The molecule has 76 valence electrons. The minimum atomic E-state index is -0.118. The van der Waals surface area contributed by atoms with Gasteiger partial charge < -0.3 is 4.90 Å². The number of likely N-dealkylation sites (N-methyl/N-ethyl adjacent to an activating group) is 1. The number of hydrazine groups is 1. The molecule has 1 N–H and O–H groups in total. The molecule has 1 saturated heterocycles. The van der Waals surface area contributed by atoms with E-state index in [1.807, 2.05) is 11.9 Å². The molecule has 0 aromatic heterocycles. The Hall–Kier alpha value is -0.130. The van der Waals surface area contributed by atoms with Crippen LogP contribution in [0.25, 0.3) is 0 Å². The SMILES string of the molecule is CC(Br)C(=O)NN1CCN(C)CC1. The fourth-order valence-corrected chi connectivity index (χ4v) is 1.27. The summed E-state index contributed by atoms with van der Waals surface area (Å²) in [6.07, 6.45) is 0. The maximum atomic E-state index is 11.3. The number of alkyl halides is 1. The Morgan fingerprint density at radius 3 is 2.38 bits per heavy atom. The molecule has 0 bridgehead atoms. The van der Waals surface area contributed by atoms with Crippen LogP contribution in [0.1, 0.15) is 6.92 Å². The summed E-state index contributed by atoms with van der Waals surface area (Å²) in [5, 5.41) is 1.97. The zero-order valence-electron chi connectivity index (χ0n) is 8.09. The third-order valence-corrected chi connectivity index (χ3v) is 2.55. The fraction of sp³-hybridized carbons (Fsp3) is 0.875. The third-order valence-electron chi connectivity index (χ3n) is 2.13. The molecule has 0 aromatic rings. The number of amides is 1. The minimum Gasteiger partial charge on any atom is -0.304 e. The number of carbonyl (C=O) groups is 1. The second-order valence-electron chi connectivity index (χ2n) is 3.38. The lowest BCUT2D eigenvalue weighted by Crippen LogP contribution is -2.53. The molecule has 4 nitrogen and oxygen atoms in total. The van der Waals surface area contributed by atoms with Gasteiger partial charge in [0, 0.05) is 26.2 Å². The molecule has 0 radical (unpaired) electrons. The standard InChI is InChI=1S/C8H16BrN3O/c1-7(9)8(13)10-12-5-3-11(2)4-6-12/h7H,3-6H2,1-2H3,(H,10,13). The van der Waals surface area contributed by atoms with E-state index in [1.54, 1.807) is 0 Å². The van der Waals surface area contributed by atoms with Crippen LogP contribution in [0.2, 0.25) is 0 Å². The number of piperazine rings is 1. The van der Waals surface area contributed by atoms with Gasteiger partial charge in [-0.05, 0) is 14.0 Å². The highest BCUT2D eigenvalue weighted by Gasteiger charge is 2.17. The largest absolute Gasteiger partial charge is 0.304 e. The van der Waals surface area contributed by atoms with E-state index in [4.69, 9.17) is 0 Å². The number of hydrogen-bond donors (Lipinski definition) is 1. The van der Waals surface area contributed by atoms with E-state index in [1.165, 1.54) is 0 Å². The number of nitrogens with one attached hydrogen (secondary N) is 1. The molecule has 13 heavy (non-hydrogen) atoms. The highest BCUT2D eigenvalue weighted by molar-refractivity contribution is 9.10. The summed E-state index contributed by atoms with van der Waals surface area (Å²) in [5.41, 5.74) is 2.86. The van der Waals surface area contributed by atoms with Crippen molar-refractivity contribution in [2.24, 2.45) is 0 Å². The Bertz CT molecular complexity index is 178. The maximum Gasteiger partial charge on any atom is 0.247 e. The summed E-state index contributed by atoms with van der Waals surface area (Å²) in [4.78, 5) is 13.4. The van der Waals surface area contributed by atoms with Gasteiger partial charge in [-0.15, -0.1) is 0 Å². The lowest BCUT2D eigenvalue weighted by atomic mass is 10.4. The van der Waals surface area contributed by atoms with Gasteiger partial charge in [0.1, 0.15) is 0 Å². The van der Waals surface area contributed by atoms with Crippen molar-refractivity contribution < 1.29 is 4.79 Å². The number of halogens is 1. The zero-order chi connectivity index (χ0) is 9.84. The van der Waals surface area contributed by atoms with Crippen LogP contribution < -0.4 is 5.43 Å². The van der Waals surface area contributed by atoms with E-state index < -0.39 is 0 Å². The van der Waals surface area contributed by atoms with E-state index in [-0.39, 0.29) is 10.7 Å². The summed E-state index contributed by atoms with van der Waals surface area (Å²) in [6.45, 7) is 5.66. The van der Waals surface area contributed by atoms with Crippen LogP contribution in [-0.4, -0.2) is 53.9 Å². The number of carbonyl (C=O) groups excluding carboxylic acids is 1. The van der Waals surface area contributed by atoms with Crippen LogP contribution in [0, 0.1) is 0 Å². The first-order valence-electron chi connectivity index (χ1n) is 4.47. The van der Waals surface area contributed by atoms with Crippen LogP contribution in [0.15, 0.2) is 0 Å². The third kappa shape index (κ3) is 3.62. The van der Waals surface area contributed by atoms with Crippen molar-refractivity contribution in [2.75, 3.05) is 33.2 Å². The molecule has 1 aliphatic rings. The van der Waals surface area contributed by atoms with Crippen molar-refractivity contribution in [3.05, 3.63) is 0 Å². The summed E-state index contributed by atoms with van der Waals surface area (Å²) in [7, 11) is 2.09. The Morgan fingerprint density at radius 2 is 1.92 bits per heavy atom. The molecule has 1 rings (SSSR count). The highest BCUT2D eigenvalue weighted by atomic mass is 79.9. The highest BCUT2D eigenvalue weighted by Crippen LogP contribution is 1.99. The smallest absolute Gasteiger partial charge is 0.247 e. The van der Waals surface area contributed by atoms with Crippen LogP contribution in [0.5, 0.6) is 0 Å². The quantitative estimate of drug-likeness (QED) is 0.703. The van der Waals surface area contributed by atoms with Gasteiger partial charge in [0.25, 0.3) is 0 Å². The van der Waals surface area contributed by atoms with Gasteiger partial charge in [-0.3, -0.25) is 10.2 Å². The van der Waals surface area contributed by atoms with Gasteiger partial charge >= 0.3 is 0 Å². The van der Waals surface area contributed by atoms with Crippen molar-refractivity contribution >= 4 is 21.8 Å². The zero-order valence-corrected chi connectivity index (χ0v) is 9.67. The van der Waals surface area contributed by atoms with Crippen LogP contribution in [0.4, 0.5) is 0 Å². The van der Waals surface area contributed by atoms with Gasteiger partial charge in [-0.1, -0.05) is 15.9 Å². The van der Waals surface area contributed by atoms with Crippen molar-refractivity contribution in [2.45, 2.75) is 11.8 Å². The van der Waals surface area contributed by atoms with Gasteiger partial charge in [0.2, 0.25) is 5.91 Å². The molecule has 0 saturated carbocycles. The molecule has 1 atom stereocenters. The number of nitrogens with zero attached hydrogens (tertiary/aromatic N) is 2. The fourth-order valence-electron chi connectivity index (χ4n) is 1.16. The van der Waals surface area contributed by atoms with Crippen LogP contribution in [-0.2, 0) is 4.79 Å². The molecule has 1 aliphatic heterocycles. The maximum absolute atomic E-state index is 11.3. The first-order valence-corrected chi connectivity index (χ1v) is 5.39. The Labute approximate surface area is 87.4 Å². The lowest BCUT2D eigenvalue weighted by Gasteiger charge is -2.32. The minimum absolute atomic E-state index is 0.0320. The molecule has 1 unspecified atom stereocenters. The van der Waals surface area contributed by atoms with Gasteiger partial charge in [-0.2, -0.15) is 0 Å². The molecule has 1 fully saturated rings. The van der Waals surface area contributed by atoms with Gasteiger partial charge in [-0.25, -0.2) is 5.01 Å². The Morgan fingerprint density at radius 1 is 1.38 bits per heavy atom. The predicted octanol–water partition coefficient (Wildman–Crippen LogP) is 0.0484. The summed E-state index contributed by atoms with van der Waals surface area (Å²) < 4.78 is 0. The van der Waals surface area contributed by atoms with Gasteiger partial charge in [0.15, 0.2) is 0 Å². The first kappa shape index (κ1) is 10.9. The normalized spacial score (nSPS) is 22.7. The first-order chi connectivity index (χ1) is 6.09. The molecular weight excluding hydrogens is 234 g/mol. The average Bonchev–Trinajstić information content (AvgIpc) is 2.08. The molecule has 0 aliphatic carbocycles. The van der Waals surface area contributed by atoms with E-state index in [0.29, 0.717) is 0 Å². The van der Waals surface area contributed by atoms with Crippen molar-refractivity contribution in [1.29, 1.82) is 0 Å². The number of hydrogen-bond acceptors (Lipinski definition) is 3. The molecule has 5 heteroatoms. The summed E-state index contributed by atoms with van der Waals surface area (Å²) >= 11 is 3.23. The second kappa shape index (κ2) is 4.93.